The molecule has 33 heavy (non-hydrogen) atoms. The van der Waals surface area contributed by atoms with Crippen molar-refractivity contribution in [2.75, 3.05) is 43.5 Å². The van der Waals surface area contributed by atoms with Crippen LogP contribution in [0.5, 0.6) is 0 Å². The number of carbonyl (C=O) groups is 1. The number of aromatic nitrogens is 1. The number of hydrogen-bond acceptors (Lipinski definition) is 6. The quantitative estimate of drug-likeness (QED) is 0.440. The van der Waals surface area contributed by atoms with Gasteiger partial charge in [-0.1, -0.05) is 42.5 Å². The van der Waals surface area contributed by atoms with Gasteiger partial charge in [0.25, 0.3) is 5.91 Å². The second-order valence-corrected chi connectivity index (χ2v) is 8.20. The van der Waals surface area contributed by atoms with Crippen LogP contribution in [-0.4, -0.2) is 48.6 Å². The zero-order chi connectivity index (χ0) is 22.9. The Morgan fingerprint density at radius 1 is 1.03 bits per heavy atom. The first-order valence-corrected chi connectivity index (χ1v) is 11.4. The molecule has 3 aromatic rings. The van der Waals surface area contributed by atoms with Gasteiger partial charge in [-0.3, -0.25) is 9.69 Å². The largest absolute Gasteiger partial charge is 0.380 e. The van der Waals surface area contributed by atoms with Crippen molar-refractivity contribution >= 4 is 23.1 Å². The predicted molar refractivity (Wildman–Crippen MR) is 132 cm³/mol. The molecule has 0 spiro atoms. The maximum absolute atomic E-state index is 11.8. The number of ether oxygens (including phenoxy) is 1. The Hall–Kier alpha value is -3.42. The Kier molecular flexibility index (Phi) is 7.90. The molecule has 0 bridgehead atoms. The fraction of sp³-hybridized carbons (Fsp3) is 0.308. The van der Waals surface area contributed by atoms with Gasteiger partial charge in [-0.25, -0.2) is 4.98 Å². The molecule has 1 amide bonds. The number of hydrogen-bond donors (Lipinski definition) is 3. The van der Waals surface area contributed by atoms with Crippen LogP contribution in [0.25, 0.3) is 0 Å². The summed E-state index contributed by atoms with van der Waals surface area (Å²) in [7, 11) is 0. The van der Waals surface area contributed by atoms with E-state index in [2.05, 4.69) is 44.8 Å². The molecule has 1 aliphatic rings. The summed E-state index contributed by atoms with van der Waals surface area (Å²) in [5.74, 6) is 0.140. The molecule has 4 rings (SSSR count). The minimum absolute atomic E-state index is 0.368. The molecule has 7 nitrogen and oxygen atoms in total. The normalized spacial score (nSPS) is 14.1. The van der Waals surface area contributed by atoms with Crippen molar-refractivity contribution in [2.45, 2.75) is 19.4 Å². The van der Waals surface area contributed by atoms with Crippen LogP contribution < -0.4 is 16.4 Å². The second kappa shape index (κ2) is 11.4. The Morgan fingerprint density at radius 3 is 2.52 bits per heavy atom. The van der Waals surface area contributed by atoms with Crippen molar-refractivity contribution < 1.29 is 9.53 Å². The molecular weight excluding hydrogens is 414 g/mol. The number of anilines is 3. The van der Waals surface area contributed by atoms with E-state index in [1.807, 2.05) is 36.4 Å². The number of rotatable bonds is 10. The first-order valence-electron chi connectivity index (χ1n) is 11.4. The molecule has 1 aromatic heterocycles. The number of benzene rings is 2. The Labute approximate surface area is 195 Å². The van der Waals surface area contributed by atoms with Gasteiger partial charge in [-0.05, 0) is 42.6 Å². The van der Waals surface area contributed by atoms with Crippen LogP contribution >= 0.6 is 0 Å². The average molecular weight is 446 g/mol. The van der Waals surface area contributed by atoms with Gasteiger partial charge in [0.1, 0.15) is 5.82 Å². The van der Waals surface area contributed by atoms with Crippen molar-refractivity contribution in [3.8, 4) is 0 Å². The number of amides is 1. The third-order valence-electron chi connectivity index (χ3n) is 5.77. The van der Waals surface area contributed by atoms with Gasteiger partial charge in [0.15, 0.2) is 0 Å². The number of aryl methyl sites for hydroxylation is 1. The molecule has 172 valence electrons. The van der Waals surface area contributed by atoms with Crippen molar-refractivity contribution in [3.63, 3.8) is 0 Å². The Bertz CT molecular complexity index is 1030. The van der Waals surface area contributed by atoms with Crippen molar-refractivity contribution in [3.05, 3.63) is 83.6 Å². The summed E-state index contributed by atoms with van der Waals surface area (Å²) in [6.07, 6.45) is 3.70. The van der Waals surface area contributed by atoms with Crippen LogP contribution in [0.2, 0.25) is 0 Å². The monoisotopic (exact) mass is 445 g/mol. The molecule has 2 heterocycles. The lowest BCUT2D eigenvalue weighted by Crippen LogP contribution is -2.36. The zero-order valence-corrected chi connectivity index (χ0v) is 18.8. The lowest BCUT2D eigenvalue weighted by atomic mass is 10.1. The van der Waals surface area contributed by atoms with E-state index in [1.54, 1.807) is 0 Å². The van der Waals surface area contributed by atoms with Crippen LogP contribution in [0.1, 0.15) is 27.9 Å². The molecule has 0 radical (unpaired) electrons. The number of nitrogens with zero attached hydrogens (tertiary/aromatic N) is 2. The highest BCUT2D eigenvalue weighted by Gasteiger charge is 2.11. The molecule has 7 heteroatoms. The summed E-state index contributed by atoms with van der Waals surface area (Å²) in [5.41, 5.74) is 9.94. The summed E-state index contributed by atoms with van der Waals surface area (Å²) < 4.78 is 5.41. The number of nitrogens with two attached hydrogens (primary N) is 1. The van der Waals surface area contributed by atoms with E-state index in [4.69, 9.17) is 10.5 Å². The zero-order valence-electron chi connectivity index (χ0n) is 18.8. The van der Waals surface area contributed by atoms with Crippen LogP contribution in [-0.2, 0) is 17.7 Å². The van der Waals surface area contributed by atoms with Gasteiger partial charge in [0, 0.05) is 37.6 Å². The number of nitrogens with one attached hydrogen (secondary N) is 2. The highest BCUT2D eigenvalue weighted by atomic mass is 16.5. The minimum Gasteiger partial charge on any atom is -0.380 e. The third-order valence-corrected chi connectivity index (χ3v) is 5.77. The average Bonchev–Trinajstić information content (AvgIpc) is 2.85. The van der Waals surface area contributed by atoms with E-state index in [0.717, 1.165) is 56.9 Å². The van der Waals surface area contributed by atoms with Gasteiger partial charge >= 0.3 is 0 Å². The highest BCUT2D eigenvalue weighted by molar-refractivity contribution is 5.98. The molecule has 1 aliphatic heterocycles. The molecule has 2 aromatic carbocycles. The van der Waals surface area contributed by atoms with E-state index in [-0.39, 0.29) is 0 Å². The summed E-state index contributed by atoms with van der Waals surface area (Å²) in [6, 6.07) is 20.2. The second-order valence-electron chi connectivity index (χ2n) is 8.20. The van der Waals surface area contributed by atoms with Gasteiger partial charge in [0.2, 0.25) is 0 Å². The Morgan fingerprint density at radius 2 is 1.79 bits per heavy atom. The van der Waals surface area contributed by atoms with Gasteiger partial charge in [0.05, 0.1) is 24.5 Å². The lowest BCUT2D eigenvalue weighted by molar-refractivity contribution is 0.0374. The van der Waals surface area contributed by atoms with Crippen molar-refractivity contribution in [1.29, 1.82) is 0 Å². The van der Waals surface area contributed by atoms with Crippen LogP contribution in [0.15, 0.2) is 66.9 Å². The molecule has 1 fully saturated rings. The van der Waals surface area contributed by atoms with Gasteiger partial charge < -0.3 is 21.1 Å². The molecule has 0 unspecified atom stereocenters. The predicted octanol–water partition coefficient (Wildman–Crippen LogP) is 3.80. The first-order chi connectivity index (χ1) is 16.2. The Balaban J connectivity index is 1.35. The number of primary amides is 1. The summed E-state index contributed by atoms with van der Waals surface area (Å²) >= 11 is 0. The summed E-state index contributed by atoms with van der Waals surface area (Å²) in [6.45, 7) is 5.46. The lowest BCUT2D eigenvalue weighted by Gasteiger charge is -2.26. The molecule has 1 saturated heterocycles. The van der Waals surface area contributed by atoms with E-state index in [9.17, 15) is 4.79 Å². The van der Waals surface area contributed by atoms with E-state index in [0.29, 0.717) is 23.6 Å². The molecule has 0 aliphatic carbocycles. The smallest absolute Gasteiger partial charge is 0.252 e. The fourth-order valence-electron chi connectivity index (χ4n) is 3.89. The van der Waals surface area contributed by atoms with E-state index < -0.39 is 5.91 Å². The highest BCUT2D eigenvalue weighted by Crippen LogP contribution is 2.23. The standard InChI is InChI=1S/C26H31N5O2/c27-26(32)23-19-29-25(17-24(23)28-18-21-5-2-1-3-6-21)30-22-10-8-20(9-11-22)7-4-12-31-13-15-33-16-14-31/h1-3,5-6,8-11,17,19H,4,7,12-16,18H2,(H2,27,32)(H2,28,29,30). The van der Waals surface area contributed by atoms with Gasteiger partial charge in [-0.15, -0.1) is 0 Å². The third kappa shape index (κ3) is 6.78. The van der Waals surface area contributed by atoms with E-state index >= 15 is 0 Å². The van der Waals surface area contributed by atoms with Crippen molar-refractivity contribution in [1.82, 2.24) is 9.88 Å². The van der Waals surface area contributed by atoms with Crippen molar-refractivity contribution in [2.24, 2.45) is 5.73 Å². The molecular formula is C26H31N5O2. The van der Waals surface area contributed by atoms with E-state index in [1.165, 1.54) is 11.8 Å². The molecule has 0 atom stereocenters. The SMILES string of the molecule is NC(=O)c1cnc(Nc2ccc(CCCN3CCOCC3)cc2)cc1NCc1ccccc1. The fourth-order valence-corrected chi connectivity index (χ4v) is 3.89. The van der Waals surface area contributed by atoms with Crippen LogP contribution in [0, 0.1) is 0 Å². The molecule has 4 N–H and O–H groups in total. The maximum Gasteiger partial charge on any atom is 0.252 e. The van der Waals surface area contributed by atoms with Crippen LogP contribution in [0.3, 0.4) is 0 Å². The van der Waals surface area contributed by atoms with Crippen LogP contribution in [0.4, 0.5) is 17.2 Å². The maximum atomic E-state index is 11.8. The summed E-state index contributed by atoms with van der Waals surface area (Å²) in [4.78, 5) is 18.7. The summed E-state index contributed by atoms with van der Waals surface area (Å²) in [5, 5.41) is 6.62. The minimum atomic E-state index is -0.508. The van der Waals surface area contributed by atoms with Gasteiger partial charge in [-0.2, -0.15) is 0 Å². The number of carbonyl (C=O) groups excluding carboxylic acids is 1. The first kappa shape index (κ1) is 22.8. The molecule has 0 saturated carbocycles. The topological polar surface area (TPSA) is 92.5 Å². The number of pyridine rings is 1. The number of morpholine rings is 1.